The summed E-state index contributed by atoms with van der Waals surface area (Å²) < 4.78 is 6.41. The van der Waals surface area contributed by atoms with E-state index in [9.17, 15) is 5.11 Å². The highest BCUT2D eigenvalue weighted by atomic mass is 79.9. The molecule has 20 heavy (non-hydrogen) atoms. The van der Waals surface area contributed by atoms with Crippen LogP contribution in [-0.4, -0.2) is 11.7 Å². The van der Waals surface area contributed by atoms with Crippen molar-refractivity contribution in [1.29, 1.82) is 0 Å². The van der Waals surface area contributed by atoms with Gasteiger partial charge in [0, 0.05) is 34.4 Å². The zero-order chi connectivity index (χ0) is 14.4. The van der Waals surface area contributed by atoms with Crippen molar-refractivity contribution in [2.75, 3.05) is 11.9 Å². The van der Waals surface area contributed by atoms with Crippen molar-refractivity contribution in [3.05, 3.63) is 58.1 Å². The standard InChI is InChI=1S/C16H18BrNO2/c1-2-20-11-12-5-3-4-6-15(12)18-10-13-9-14(17)7-8-16(13)19/h3-9,18-19H,2,10-11H2,1H3. The summed E-state index contributed by atoms with van der Waals surface area (Å²) in [5.74, 6) is 0.294. The van der Waals surface area contributed by atoms with Gasteiger partial charge >= 0.3 is 0 Å². The topological polar surface area (TPSA) is 41.5 Å². The predicted octanol–water partition coefficient (Wildman–Crippen LogP) is 4.30. The van der Waals surface area contributed by atoms with Crippen LogP contribution >= 0.6 is 15.9 Å². The Hall–Kier alpha value is -1.52. The van der Waals surface area contributed by atoms with Crippen LogP contribution in [0.4, 0.5) is 5.69 Å². The van der Waals surface area contributed by atoms with Crippen molar-refractivity contribution in [3.63, 3.8) is 0 Å². The largest absolute Gasteiger partial charge is 0.508 e. The highest BCUT2D eigenvalue weighted by Gasteiger charge is 2.05. The fraction of sp³-hybridized carbons (Fsp3) is 0.250. The van der Waals surface area contributed by atoms with E-state index in [4.69, 9.17) is 4.74 Å². The smallest absolute Gasteiger partial charge is 0.120 e. The van der Waals surface area contributed by atoms with Gasteiger partial charge in [-0.1, -0.05) is 34.1 Å². The summed E-state index contributed by atoms with van der Waals surface area (Å²) >= 11 is 3.41. The lowest BCUT2D eigenvalue weighted by molar-refractivity contribution is 0.134. The first-order valence-corrected chi connectivity index (χ1v) is 7.37. The maximum atomic E-state index is 9.84. The monoisotopic (exact) mass is 335 g/mol. The molecule has 0 spiro atoms. The lowest BCUT2D eigenvalue weighted by Gasteiger charge is -2.13. The van der Waals surface area contributed by atoms with E-state index in [0.717, 1.165) is 21.3 Å². The Morgan fingerprint density at radius 1 is 1.15 bits per heavy atom. The zero-order valence-corrected chi connectivity index (χ0v) is 13.0. The van der Waals surface area contributed by atoms with Crippen molar-refractivity contribution >= 4 is 21.6 Å². The minimum absolute atomic E-state index is 0.294. The maximum Gasteiger partial charge on any atom is 0.120 e. The van der Waals surface area contributed by atoms with Crippen LogP contribution in [0.2, 0.25) is 0 Å². The molecule has 0 aliphatic rings. The molecular weight excluding hydrogens is 318 g/mol. The summed E-state index contributed by atoms with van der Waals surface area (Å²) in [5.41, 5.74) is 3.00. The molecule has 2 aromatic carbocycles. The molecule has 0 aliphatic heterocycles. The van der Waals surface area contributed by atoms with Crippen molar-refractivity contribution in [1.82, 2.24) is 0 Å². The lowest BCUT2D eigenvalue weighted by Crippen LogP contribution is -2.04. The number of para-hydroxylation sites is 1. The number of hydrogen-bond donors (Lipinski definition) is 2. The van der Waals surface area contributed by atoms with Gasteiger partial charge in [0.1, 0.15) is 5.75 Å². The van der Waals surface area contributed by atoms with E-state index in [2.05, 4.69) is 21.2 Å². The molecule has 0 heterocycles. The van der Waals surface area contributed by atoms with Crippen LogP contribution in [0.1, 0.15) is 18.1 Å². The van der Waals surface area contributed by atoms with Gasteiger partial charge in [-0.3, -0.25) is 0 Å². The van der Waals surface area contributed by atoms with E-state index >= 15 is 0 Å². The number of rotatable bonds is 6. The average Bonchev–Trinajstić information content (AvgIpc) is 2.47. The number of ether oxygens (including phenoxy) is 1. The predicted molar refractivity (Wildman–Crippen MR) is 84.9 cm³/mol. The molecule has 106 valence electrons. The van der Waals surface area contributed by atoms with Crippen LogP contribution in [0.5, 0.6) is 5.75 Å². The fourth-order valence-corrected chi connectivity index (χ4v) is 2.33. The van der Waals surface area contributed by atoms with E-state index in [1.165, 1.54) is 0 Å². The second-order valence-corrected chi connectivity index (χ2v) is 5.34. The molecule has 0 aliphatic carbocycles. The molecule has 2 rings (SSSR count). The summed E-state index contributed by atoms with van der Waals surface area (Å²) in [6, 6.07) is 13.5. The molecule has 0 unspecified atom stereocenters. The summed E-state index contributed by atoms with van der Waals surface area (Å²) in [7, 11) is 0. The second kappa shape index (κ2) is 7.31. The van der Waals surface area contributed by atoms with Crippen molar-refractivity contribution < 1.29 is 9.84 Å². The molecule has 0 atom stereocenters. The van der Waals surface area contributed by atoms with Crippen molar-refractivity contribution in [2.45, 2.75) is 20.1 Å². The molecule has 2 aromatic rings. The first kappa shape index (κ1) is 14.9. The molecule has 0 aromatic heterocycles. The molecule has 2 N–H and O–H groups in total. The van der Waals surface area contributed by atoms with Gasteiger partial charge < -0.3 is 15.2 Å². The molecule has 3 nitrogen and oxygen atoms in total. The van der Waals surface area contributed by atoms with Crippen LogP contribution in [0.15, 0.2) is 46.9 Å². The first-order valence-electron chi connectivity index (χ1n) is 6.57. The number of benzene rings is 2. The van der Waals surface area contributed by atoms with Gasteiger partial charge in [0.25, 0.3) is 0 Å². The molecule has 0 fully saturated rings. The number of anilines is 1. The van der Waals surface area contributed by atoms with Gasteiger partial charge in [0.05, 0.1) is 6.61 Å². The van der Waals surface area contributed by atoms with Gasteiger partial charge in [0.2, 0.25) is 0 Å². The zero-order valence-electron chi connectivity index (χ0n) is 11.4. The lowest BCUT2D eigenvalue weighted by atomic mass is 10.1. The van der Waals surface area contributed by atoms with E-state index in [1.54, 1.807) is 6.07 Å². The number of phenols is 1. The summed E-state index contributed by atoms with van der Waals surface area (Å²) in [6.45, 7) is 3.83. The van der Waals surface area contributed by atoms with Crippen LogP contribution < -0.4 is 5.32 Å². The molecule has 0 saturated heterocycles. The normalized spacial score (nSPS) is 10.5. The minimum Gasteiger partial charge on any atom is -0.508 e. The Morgan fingerprint density at radius 3 is 2.75 bits per heavy atom. The SMILES string of the molecule is CCOCc1ccccc1NCc1cc(Br)ccc1O. The Morgan fingerprint density at radius 2 is 1.95 bits per heavy atom. The Labute approximate surface area is 127 Å². The van der Waals surface area contributed by atoms with Gasteiger partial charge in [-0.05, 0) is 31.2 Å². The highest BCUT2D eigenvalue weighted by molar-refractivity contribution is 9.10. The van der Waals surface area contributed by atoms with Gasteiger partial charge in [-0.15, -0.1) is 0 Å². The van der Waals surface area contributed by atoms with Crippen LogP contribution in [-0.2, 0) is 17.9 Å². The Balaban J connectivity index is 2.08. The van der Waals surface area contributed by atoms with E-state index in [1.807, 2.05) is 43.3 Å². The number of halogens is 1. The third-order valence-electron chi connectivity index (χ3n) is 2.99. The minimum atomic E-state index is 0.294. The summed E-state index contributed by atoms with van der Waals surface area (Å²) in [6.07, 6.45) is 0. The van der Waals surface area contributed by atoms with Crippen LogP contribution in [0.3, 0.4) is 0 Å². The molecule has 4 heteroatoms. The fourth-order valence-electron chi connectivity index (χ4n) is 1.92. The van der Waals surface area contributed by atoms with Gasteiger partial charge in [-0.25, -0.2) is 0 Å². The van der Waals surface area contributed by atoms with Gasteiger partial charge in [0.15, 0.2) is 0 Å². The second-order valence-electron chi connectivity index (χ2n) is 4.42. The Kier molecular flexibility index (Phi) is 5.44. The number of nitrogens with one attached hydrogen (secondary N) is 1. The average molecular weight is 336 g/mol. The molecule has 0 saturated carbocycles. The quantitative estimate of drug-likeness (QED) is 0.826. The van der Waals surface area contributed by atoms with Crippen molar-refractivity contribution in [3.8, 4) is 5.75 Å². The Bertz CT molecular complexity index is 572. The van der Waals surface area contributed by atoms with E-state index in [0.29, 0.717) is 25.5 Å². The van der Waals surface area contributed by atoms with Gasteiger partial charge in [-0.2, -0.15) is 0 Å². The molecule has 0 amide bonds. The summed E-state index contributed by atoms with van der Waals surface area (Å²) in [5, 5.41) is 13.2. The van der Waals surface area contributed by atoms with E-state index < -0.39 is 0 Å². The third-order valence-corrected chi connectivity index (χ3v) is 3.48. The van der Waals surface area contributed by atoms with Crippen molar-refractivity contribution in [2.24, 2.45) is 0 Å². The number of hydrogen-bond acceptors (Lipinski definition) is 3. The highest BCUT2D eigenvalue weighted by Crippen LogP contribution is 2.24. The third kappa shape index (κ3) is 3.99. The first-order chi connectivity index (χ1) is 9.70. The van der Waals surface area contributed by atoms with Crippen LogP contribution in [0, 0.1) is 0 Å². The molecule has 0 radical (unpaired) electrons. The van der Waals surface area contributed by atoms with E-state index in [-0.39, 0.29) is 0 Å². The summed E-state index contributed by atoms with van der Waals surface area (Å²) in [4.78, 5) is 0. The molecule has 0 bridgehead atoms. The molecular formula is C16H18BrNO2. The maximum absolute atomic E-state index is 9.84. The number of aromatic hydroxyl groups is 1. The number of phenolic OH excluding ortho intramolecular Hbond substituents is 1. The van der Waals surface area contributed by atoms with Crippen LogP contribution in [0.25, 0.3) is 0 Å².